The molecule has 0 heterocycles. The number of hydrogen-bond acceptors (Lipinski definition) is 2. The summed E-state index contributed by atoms with van der Waals surface area (Å²) in [4.78, 5) is 14.2. The second-order valence-corrected chi connectivity index (χ2v) is 4.73. The van der Waals surface area contributed by atoms with E-state index in [1.54, 1.807) is 0 Å². The van der Waals surface area contributed by atoms with E-state index in [4.69, 9.17) is 0 Å². The van der Waals surface area contributed by atoms with Crippen molar-refractivity contribution in [2.75, 3.05) is 18.9 Å². The fourth-order valence-electron chi connectivity index (χ4n) is 1.88. The van der Waals surface area contributed by atoms with Crippen LogP contribution >= 0.6 is 0 Å². The van der Waals surface area contributed by atoms with Gasteiger partial charge in [-0.2, -0.15) is 0 Å². The van der Waals surface area contributed by atoms with Crippen LogP contribution in [-0.4, -0.2) is 30.4 Å². The van der Waals surface area contributed by atoms with Gasteiger partial charge in [-0.3, -0.25) is 4.79 Å². The number of benzene rings is 1. The molecule has 0 aliphatic heterocycles. The van der Waals surface area contributed by atoms with Crippen LogP contribution in [0.1, 0.15) is 43.1 Å². The van der Waals surface area contributed by atoms with Crippen molar-refractivity contribution in [1.29, 1.82) is 0 Å². The van der Waals surface area contributed by atoms with Gasteiger partial charge in [0.2, 0.25) is 0 Å². The zero-order chi connectivity index (χ0) is 13.7. The summed E-state index contributed by atoms with van der Waals surface area (Å²) in [6.45, 7) is 9.10. The number of hydrogen-bond donors (Lipinski definition) is 1. The van der Waals surface area contributed by atoms with Gasteiger partial charge in [-0.25, -0.2) is 0 Å². The minimum Gasteiger partial charge on any atom is -0.385 e. The lowest BCUT2D eigenvalue weighted by atomic mass is 10.1. The van der Waals surface area contributed by atoms with Crippen molar-refractivity contribution in [2.45, 2.75) is 40.2 Å². The third kappa shape index (κ3) is 3.25. The summed E-state index contributed by atoms with van der Waals surface area (Å²) in [5, 5.41) is 3.25. The van der Waals surface area contributed by atoms with Gasteiger partial charge in [-0.1, -0.05) is 6.92 Å². The largest absolute Gasteiger partial charge is 0.385 e. The third-order valence-electron chi connectivity index (χ3n) is 3.41. The van der Waals surface area contributed by atoms with Gasteiger partial charge >= 0.3 is 0 Å². The average Bonchev–Trinajstić information content (AvgIpc) is 2.36. The smallest absolute Gasteiger partial charge is 0.254 e. The van der Waals surface area contributed by atoms with E-state index < -0.39 is 0 Å². The van der Waals surface area contributed by atoms with Gasteiger partial charge < -0.3 is 10.2 Å². The van der Waals surface area contributed by atoms with Crippen molar-refractivity contribution >= 4 is 11.6 Å². The van der Waals surface area contributed by atoms with Gasteiger partial charge in [0.25, 0.3) is 5.91 Å². The van der Waals surface area contributed by atoms with Crippen molar-refractivity contribution in [3.05, 3.63) is 29.3 Å². The molecular weight excluding hydrogens is 224 g/mol. The summed E-state index contributed by atoms with van der Waals surface area (Å²) in [7, 11) is 1.87. The highest BCUT2D eigenvalue weighted by atomic mass is 16.2. The van der Waals surface area contributed by atoms with Crippen LogP contribution in [-0.2, 0) is 0 Å². The van der Waals surface area contributed by atoms with Gasteiger partial charge in [-0.15, -0.1) is 0 Å². The first-order valence-electron chi connectivity index (χ1n) is 6.62. The molecule has 0 fully saturated rings. The van der Waals surface area contributed by atoms with Crippen molar-refractivity contribution in [3.63, 3.8) is 0 Å². The van der Waals surface area contributed by atoms with E-state index in [1.807, 2.05) is 37.1 Å². The van der Waals surface area contributed by atoms with E-state index >= 15 is 0 Å². The zero-order valence-electron chi connectivity index (χ0n) is 12.1. The number of aryl methyl sites for hydroxylation is 1. The number of anilines is 1. The predicted octanol–water partition coefficient (Wildman–Crippen LogP) is 3.30. The molecule has 0 spiro atoms. The van der Waals surface area contributed by atoms with E-state index in [2.05, 4.69) is 26.1 Å². The Hall–Kier alpha value is -1.51. The molecular formula is C15H24N2O. The van der Waals surface area contributed by atoms with Crippen molar-refractivity contribution in [2.24, 2.45) is 0 Å². The number of rotatable bonds is 5. The first-order chi connectivity index (χ1) is 8.51. The number of carbonyl (C=O) groups is 1. The molecule has 1 atom stereocenters. The van der Waals surface area contributed by atoms with Crippen LogP contribution in [0.4, 0.5) is 5.69 Å². The SMILES string of the molecule is CCNc1ccc(C(=O)N(C)C(C)CC)c(C)c1. The lowest BCUT2D eigenvalue weighted by molar-refractivity contribution is 0.0740. The van der Waals surface area contributed by atoms with E-state index in [0.29, 0.717) is 0 Å². The van der Waals surface area contributed by atoms with E-state index in [-0.39, 0.29) is 11.9 Å². The Bertz CT molecular complexity index is 415. The second kappa shape index (κ2) is 6.43. The first kappa shape index (κ1) is 14.6. The average molecular weight is 248 g/mol. The van der Waals surface area contributed by atoms with E-state index in [0.717, 1.165) is 29.8 Å². The molecule has 0 aromatic heterocycles. The molecule has 18 heavy (non-hydrogen) atoms. The highest BCUT2D eigenvalue weighted by Gasteiger charge is 2.17. The standard InChI is InChI=1S/C15H24N2O/c1-6-12(4)17(5)15(18)14-9-8-13(16-7-2)10-11(14)3/h8-10,12,16H,6-7H2,1-5H3. The van der Waals surface area contributed by atoms with Crippen molar-refractivity contribution in [1.82, 2.24) is 4.90 Å². The maximum atomic E-state index is 12.3. The quantitative estimate of drug-likeness (QED) is 0.867. The van der Waals surface area contributed by atoms with Gasteiger partial charge in [0.1, 0.15) is 0 Å². The van der Waals surface area contributed by atoms with Crippen LogP contribution in [0.5, 0.6) is 0 Å². The highest BCUT2D eigenvalue weighted by molar-refractivity contribution is 5.96. The Balaban J connectivity index is 2.93. The first-order valence-corrected chi connectivity index (χ1v) is 6.62. The second-order valence-electron chi connectivity index (χ2n) is 4.73. The van der Waals surface area contributed by atoms with Crippen LogP contribution < -0.4 is 5.32 Å². The molecule has 0 bridgehead atoms. The molecule has 0 aliphatic carbocycles. The van der Waals surface area contributed by atoms with Crippen LogP contribution in [0.2, 0.25) is 0 Å². The van der Waals surface area contributed by atoms with Crippen LogP contribution in [0.25, 0.3) is 0 Å². The van der Waals surface area contributed by atoms with Crippen molar-refractivity contribution in [3.8, 4) is 0 Å². The molecule has 1 aromatic carbocycles. The molecule has 1 N–H and O–H groups in total. The summed E-state index contributed by atoms with van der Waals surface area (Å²) in [5.41, 5.74) is 2.88. The molecule has 1 rings (SSSR count). The van der Waals surface area contributed by atoms with E-state index in [9.17, 15) is 4.79 Å². The maximum Gasteiger partial charge on any atom is 0.254 e. The van der Waals surface area contributed by atoms with Gasteiger partial charge in [0, 0.05) is 30.9 Å². The molecule has 3 heteroatoms. The molecule has 1 amide bonds. The van der Waals surface area contributed by atoms with Crippen molar-refractivity contribution < 1.29 is 4.79 Å². The Kier molecular flexibility index (Phi) is 5.20. The van der Waals surface area contributed by atoms with Crippen LogP contribution in [0.3, 0.4) is 0 Å². The topological polar surface area (TPSA) is 32.3 Å². The van der Waals surface area contributed by atoms with Gasteiger partial charge in [0.15, 0.2) is 0 Å². The highest BCUT2D eigenvalue weighted by Crippen LogP contribution is 2.17. The summed E-state index contributed by atoms with van der Waals surface area (Å²) in [6.07, 6.45) is 0.969. The third-order valence-corrected chi connectivity index (χ3v) is 3.41. The maximum absolute atomic E-state index is 12.3. The Labute approximate surface area is 110 Å². The molecule has 0 saturated heterocycles. The molecule has 3 nitrogen and oxygen atoms in total. The van der Waals surface area contributed by atoms with Crippen LogP contribution in [0, 0.1) is 6.92 Å². The summed E-state index contributed by atoms with van der Waals surface area (Å²) in [6, 6.07) is 6.18. The number of nitrogens with zero attached hydrogens (tertiary/aromatic N) is 1. The molecule has 0 saturated carbocycles. The Morgan fingerprint density at radius 2 is 2.06 bits per heavy atom. The van der Waals surface area contributed by atoms with Gasteiger partial charge in [-0.05, 0) is 51.0 Å². The number of amides is 1. The monoisotopic (exact) mass is 248 g/mol. The molecule has 0 radical (unpaired) electrons. The molecule has 1 aromatic rings. The fourth-order valence-corrected chi connectivity index (χ4v) is 1.88. The molecule has 0 aliphatic rings. The Morgan fingerprint density at radius 1 is 1.39 bits per heavy atom. The molecule has 100 valence electrons. The number of carbonyl (C=O) groups excluding carboxylic acids is 1. The Morgan fingerprint density at radius 3 is 2.56 bits per heavy atom. The zero-order valence-corrected chi connectivity index (χ0v) is 12.1. The minimum atomic E-state index is 0.102. The van der Waals surface area contributed by atoms with Crippen LogP contribution in [0.15, 0.2) is 18.2 Å². The fraction of sp³-hybridized carbons (Fsp3) is 0.533. The minimum absolute atomic E-state index is 0.102. The predicted molar refractivity (Wildman–Crippen MR) is 77.2 cm³/mol. The molecule has 1 unspecified atom stereocenters. The van der Waals surface area contributed by atoms with E-state index in [1.165, 1.54) is 0 Å². The summed E-state index contributed by atoms with van der Waals surface area (Å²) >= 11 is 0. The normalized spacial score (nSPS) is 12.1. The lowest BCUT2D eigenvalue weighted by Crippen LogP contribution is -2.34. The van der Waals surface area contributed by atoms with Gasteiger partial charge in [0.05, 0.1) is 0 Å². The summed E-state index contributed by atoms with van der Waals surface area (Å²) < 4.78 is 0. The lowest BCUT2D eigenvalue weighted by Gasteiger charge is -2.24. The number of nitrogens with one attached hydrogen (secondary N) is 1. The summed E-state index contributed by atoms with van der Waals surface area (Å²) in [5.74, 6) is 0.102.